The minimum absolute atomic E-state index is 0.211. The van der Waals surface area contributed by atoms with Crippen molar-refractivity contribution in [3.05, 3.63) is 63.3 Å². The Morgan fingerprint density at radius 3 is 2.52 bits per heavy atom. The minimum Gasteiger partial charge on any atom is -0.493 e. The van der Waals surface area contributed by atoms with Crippen molar-refractivity contribution in [1.82, 2.24) is 16.1 Å². The fraction of sp³-hybridized carbons (Fsp3) is 0.321. The fourth-order valence-electron chi connectivity index (χ4n) is 3.90. The maximum Gasteiger partial charge on any atom is 0.344 e. The third-order valence-electron chi connectivity index (χ3n) is 5.65. The van der Waals surface area contributed by atoms with Crippen LogP contribution in [-0.4, -0.2) is 62.7 Å². The highest BCUT2D eigenvalue weighted by atomic mass is 79.9. The first kappa shape index (κ1) is 32.3. The van der Waals surface area contributed by atoms with E-state index in [0.29, 0.717) is 49.2 Å². The number of hydrogen-bond acceptors (Lipinski definition) is 10. The topological polar surface area (TPSA) is 146 Å². The number of nitrogens with zero attached hydrogens (tertiary/aromatic N) is 1. The summed E-state index contributed by atoms with van der Waals surface area (Å²) in [5, 5.41) is 10.4. The van der Waals surface area contributed by atoms with E-state index in [9.17, 15) is 14.4 Å². The average molecular weight is 664 g/mol. The lowest BCUT2D eigenvalue weighted by molar-refractivity contribution is -0.145. The second kappa shape index (κ2) is 15.7. The van der Waals surface area contributed by atoms with E-state index in [0.717, 1.165) is 0 Å². The standard InChI is InChI=1S/C28H31BrN4O8S/c1-5-38-23(35)15-41-26-19(29)11-17(12-21(26)37-4)13-30-33-22(34)14-40-20-10-8-7-9-18(20)25-24(27(36)39-6-2)16(3)31-28(42)32-25/h7-13,25H,5-6,14-15H2,1-4H3,(H,33,34)(H2,31,32,42)/t25-/m0/s1. The van der Waals surface area contributed by atoms with Crippen LogP contribution in [0.5, 0.6) is 17.2 Å². The number of hydrogen-bond donors (Lipinski definition) is 3. The van der Waals surface area contributed by atoms with Crippen molar-refractivity contribution in [3.8, 4) is 17.2 Å². The van der Waals surface area contributed by atoms with Gasteiger partial charge in [-0.05, 0) is 72.7 Å². The van der Waals surface area contributed by atoms with Crippen LogP contribution in [0.25, 0.3) is 0 Å². The van der Waals surface area contributed by atoms with Gasteiger partial charge in [0.2, 0.25) is 0 Å². The van der Waals surface area contributed by atoms with Gasteiger partial charge in [0.05, 0.1) is 42.6 Å². The highest BCUT2D eigenvalue weighted by molar-refractivity contribution is 9.10. The van der Waals surface area contributed by atoms with E-state index in [2.05, 4.69) is 37.1 Å². The summed E-state index contributed by atoms with van der Waals surface area (Å²) in [5.41, 5.74) is 4.51. The number of esters is 2. The summed E-state index contributed by atoms with van der Waals surface area (Å²) in [6.45, 7) is 4.99. The van der Waals surface area contributed by atoms with Crippen LogP contribution >= 0.6 is 28.1 Å². The Balaban J connectivity index is 1.66. The molecule has 0 spiro atoms. The molecule has 2 aromatic carbocycles. The molecule has 2 aromatic rings. The first-order chi connectivity index (χ1) is 20.2. The molecule has 3 rings (SSSR count). The zero-order chi connectivity index (χ0) is 30.6. The van der Waals surface area contributed by atoms with E-state index < -0.39 is 23.9 Å². The first-order valence-electron chi connectivity index (χ1n) is 12.8. The molecule has 1 atom stereocenters. The van der Waals surface area contributed by atoms with E-state index in [-0.39, 0.29) is 26.4 Å². The van der Waals surface area contributed by atoms with Crippen molar-refractivity contribution >= 4 is 57.3 Å². The SMILES string of the molecule is CCOC(=O)COc1c(Br)cc(C=NNC(=O)COc2ccccc2[C@@H]2NC(=S)NC(C)=C2C(=O)OCC)cc1OC. The van der Waals surface area contributed by atoms with Gasteiger partial charge in [0.15, 0.2) is 29.8 Å². The molecule has 1 aliphatic rings. The molecule has 0 saturated heterocycles. The van der Waals surface area contributed by atoms with Crippen LogP contribution in [0.2, 0.25) is 0 Å². The van der Waals surface area contributed by atoms with Crippen molar-refractivity contribution < 1.29 is 38.1 Å². The molecular weight excluding hydrogens is 632 g/mol. The highest BCUT2D eigenvalue weighted by Gasteiger charge is 2.32. The molecule has 0 fully saturated rings. The molecular formula is C28H31BrN4O8S. The number of thiocarbonyl (C=S) groups is 1. The molecule has 0 radical (unpaired) electrons. The molecule has 1 heterocycles. The Morgan fingerprint density at radius 1 is 1.07 bits per heavy atom. The zero-order valence-corrected chi connectivity index (χ0v) is 25.8. The number of methoxy groups -OCH3 is 1. The Labute approximate surface area is 256 Å². The normalized spacial score (nSPS) is 14.5. The van der Waals surface area contributed by atoms with Crippen LogP contribution in [0.15, 0.2) is 57.2 Å². The number of benzene rings is 2. The lowest BCUT2D eigenvalue weighted by Gasteiger charge is -2.30. The highest BCUT2D eigenvalue weighted by Crippen LogP contribution is 2.36. The molecule has 42 heavy (non-hydrogen) atoms. The second-order valence-corrected chi connectivity index (χ2v) is 9.80. The van der Waals surface area contributed by atoms with Crippen molar-refractivity contribution in [2.75, 3.05) is 33.5 Å². The van der Waals surface area contributed by atoms with Gasteiger partial charge in [-0.15, -0.1) is 0 Å². The van der Waals surface area contributed by atoms with Crippen LogP contribution < -0.4 is 30.3 Å². The predicted molar refractivity (Wildman–Crippen MR) is 161 cm³/mol. The summed E-state index contributed by atoms with van der Waals surface area (Å²) < 4.78 is 27.3. The minimum atomic E-state index is -0.646. The number of amides is 1. The Hall–Kier alpha value is -4.17. The van der Waals surface area contributed by atoms with Crippen molar-refractivity contribution in [1.29, 1.82) is 0 Å². The summed E-state index contributed by atoms with van der Waals surface area (Å²) in [4.78, 5) is 36.9. The fourth-order valence-corrected chi connectivity index (χ4v) is 4.74. The third-order valence-corrected chi connectivity index (χ3v) is 6.46. The summed E-state index contributed by atoms with van der Waals surface area (Å²) in [5.74, 6) is -0.483. The number of para-hydroxylation sites is 1. The van der Waals surface area contributed by atoms with Gasteiger partial charge in [-0.1, -0.05) is 18.2 Å². The number of rotatable bonds is 13. The summed E-state index contributed by atoms with van der Waals surface area (Å²) in [7, 11) is 1.45. The third kappa shape index (κ3) is 8.66. The molecule has 1 aliphatic heterocycles. The van der Waals surface area contributed by atoms with E-state index in [4.69, 9.17) is 35.9 Å². The molecule has 3 N–H and O–H groups in total. The Morgan fingerprint density at radius 2 is 1.81 bits per heavy atom. The largest absolute Gasteiger partial charge is 0.493 e. The smallest absolute Gasteiger partial charge is 0.344 e. The number of ether oxygens (including phenoxy) is 5. The van der Waals surface area contributed by atoms with Crippen molar-refractivity contribution in [2.45, 2.75) is 26.8 Å². The lowest BCUT2D eigenvalue weighted by atomic mass is 9.95. The Bertz CT molecular complexity index is 1400. The van der Waals surface area contributed by atoms with Crippen LogP contribution in [-0.2, 0) is 23.9 Å². The van der Waals surface area contributed by atoms with Gasteiger partial charge in [-0.3, -0.25) is 4.79 Å². The number of halogens is 1. The van der Waals surface area contributed by atoms with Crippen LogP contribution in [0.1, 0.15) is 37.9 Å². The van der Waals surface area contributed by atoms with Gasteiger partial charge >= 0.3 is 11.9 Å². The maximum atomic E-state index is 12.7. The van der Waals surface area contributed by atoms with Gasteiger partial charge in [-0.2, -0.15) is 5.10 Å². The van der Waals surface area contributed by atoms with Gasteiger partial charge in [0.1, 0.15) is 5.75 Å². The molecule has 0 aliphatic carbocycles. The van der Waals surface area contributed by atoms with Crippen molar-refractivity contribution in [2.24, 2.45) is 5.10 Å². The number of nitrogens with one attached hydrogen (secondary N) is 3. The van der Waals surface area contributed by atoms with Crippen LogP contribution in [0, 0.1) is 0 Å². The molecule has 0 saturated carbocycles. The molecule has 14 heteroatoms. The average Bonchev–Trinajstić information content (AvgIpc) is 2.95. The number of carbonyl (C=O) groups excluding carboxylic acids is 3. The summed E-state index contributed by atoms with van der Waals surface area (Å²) >= 11 is 8.69. The molecule has 224 valence electrons. The van der Waals surface area contributed by atoms with Crippen molar-refractivity contribution in [3.63, 3.8) is 0 Å². The van der Waals surface area contributed by atoms with E-state index in [1.54, 1.807) is 57.2 Å². The van der Waals surface area contributed by atoms with Gasteiger partial charge in [-0.25, -0.2) is 15.0 Å². The molecule has 0 bridgehead atoms. The number of hydrazone groups is 1. The number of allylic oxidation sites excluding steroid dienone is 1. The molecule has 12 nitrogen and oxygen atoms in total. The molecule has 1 amide bonds. The lowest BCUT2D eigenvalue weighted by Crippen LogP contribution is -2.45. The van der Waals surface area contributed by atoms with E-state index >= 15 is 0 Å². The molecule has 0 unspecified atom stereocenters. The number of carbonyl (C=O) groups is 3. The summed E-state index contributed by atoms with van der Waals surface area (Å²) in [6.07, 6.45) is 1.41. The quantitative estimate of drug-likeness (QED) is 0.126. The van der Waals surface area contributed by atoms with Crippen LogP contribution in [0.3, 0.4) is 0 Å². The van der Waals surface area contributed by atoms with E-state index in [1.165, 1.54) is 13.3 Å². The molecule has 0 aromatic heterocycles. The van der Waals surface area contributed by atoms with Gasteiger partial charge < -0.3 is 34.3 Å². The van der Waals surface area contributed by atoms with Gasteiger partial charge in [0.25, 0.3) is 5.91 Å². The zero-order valence-electron chi connectivity index (χ0n) is 23.4. The van der Waals surface area contributed by atoms with Gasteiger partial charge in [0, 0.05) is 11.3 Å². The Kier molecular flexibility index (Phi) is 12.1. The first-order valence-corrected chi connectivity index (χ1v) is 14.0. The van der Waals surface area contributed by atoms with E-state index in [1.807, 2.05) is 0 Å². The monoisotopic (exact) mass is 662 g/mol. The van der Waals surface area contributed by atoms with Crippen LogP contribution in [0.4, 0.5) is 0 Å². The predicted octanol–water partition coefficient (Wildman–Crippen LogP) is 3.28. The second-order valence-electron chi connectivity index (χ2n) is 8.54. The summed E-state index contributed by atoms with van der Waals surface area (Å²) in [6, 6.07) is 9.66. The maximum absolute atomic E-state index is 12.7.